The zero-order valence-corrected chi connectivity index (χ0v) is 11.1. The van der Waals surface area contributed by atoms with Gasteiger partial charge in [-0.2, -0.15) is 13.2 Å². The number of hydrogen-bond donors (Lipinski definition) is 1. The summed E-state index contributed by atoms with van der Waals surface area (Å²) < 4.78 is 38.1. The fraction of sp³-hybridized carbons (Fsp3) is 0.500. The van der Waals surface area contributed by atoms with Gasteiger partial charge in [-0.1, -0.05) is 20.8 Å². The fourth-order valence-corrected chi connectivity index (χ4v) is 2.32. The summed E-state index contributed by atoms with van der Waals surface area (Å²) in [5.41, 5.74) is 0.112. The first-order chi connectivity index (χ1) is 8.58. The van der Waals surface area contributed by atoms with E-state index < -0.39 is 17.7 Å². The maximum Gasteiger partial charge on any atom is 0.416 e. The number of amides is 1. The number of rotatable bonds is 1. The number of benzene rings is 1. The van der Waals surface area contributed by atoms with Gasteiger partial charge in [0.1, 0.15) is 0 Å². The summed E-state index contributed by atoms with van der Waals surface area (Å²) in [7, 11) is 0. The van der Waals surface area contributed by atoms with E-state index in [1.165, 1.54) is 6.07 Å². The first kappa shape index (κ1) is 13.9. The van der Waals surface area contributed by atoms with Gasteiger partial charge in [0.2, 0.25) is 5.91 Å². The van der Waals surface area contributed by atoms with Gasteiger partial charge in [0.25, 0.3) is 0 Å². The van der Waals surface area contributed by atoms with E-state index in [9.17, 15) is 18.0 Å². The smallest absolute Gasteiger partial charge is 0.325 e. The van der Waals surface area contributed by atoms with Gasteiger partial charge in [0.15, 0.2) is 0 Å². The molecule has 19 heavy (non-hydrogen) atoms. The highest BCUT2D eigenvalue weighted by molar-refractivity contribution is 6.02. The SMILES string of the molecule is CC(C)(C)CC1C(=O)Nc2ccc(C(F)(F)F)cc21. The molecule has 1 aromatic rings. The van der Waals surface area contributed by atoms with Gasteiger partial charge < -0.3 is 5.32 Å². The van der Waals surface area contributed by atoms with Crippen LogP contribution in [0.25, 0.3) is 0 Å². The van der Waals surface area contributed by atoms with Crippen LogP contribution in [-0.2, 0) is 11.0 Å². The number of fused-ring (bicyclic) bond motifs is 1. The average Bonchev–Trinajstić information content (AvgIpc) is 2.51. The van der Waals surface area contributed by atoms with E-state index in [4.69, 9.17) is 0 Å². The Hall–Kier alpha value is -1.52. The lowest BCUT2D eigenvalue weighted by Crippen LogP contribution is -2.18. The Bertz CT molecular complexity index is 514. The lowest BCUT2D eigenvalue weighted by molar-refractivity contribution is -0.137. The van der Waals surface area contributed by atoms with Crippen molar-refractivity contribution in [3.8, 4) is 0 Å². The molecule has 2 nitrogen and oxygen atoms in total. The summed E-state index contributed by atoms with van der Waals surface area (Å²) in [5, 5.41) is 2.64. The Kier molecular flexibility index (Phi) is 3.11. The monoisotopic (exact) mass is 271 g/mol. The molecule has 0 radical (unpaired) electrons. The number of carbonyl (C=O) groups excluding carboxylic acids is 1. The summed E-state index contributed by atoms with van der Waals surface area (Å²) in [4.78, 5) is 11.9. The van der Waals surface area contributed by atoms with E-state index in [2.05, 4.69) is 5.32 Å². The Morgan fingerprint density at radius 3 is 2.37 bits per heavy atom. The summed E-state index contributed by atoms with van der Waals surface area (Å²) in [6.45, 7) is 5.89. The molecule has 1 aliphatic rings. The summed E-state index contributed by atoms with van der Waals surface area (Å²) in [6.07, 6.45) is -3.86. The minimum atomic E-state index is -4.38. The van der Waals surface area contributed by atoms with Gasteiger partial charge in [-0.15, -0.1) is 0 Å². The molecular formula is C14H16F3NO. The topological polar surface area (TPSA) is 29.1 Å². The second-order valence-electron chi connectivity index (χ2n) is 6.11. The Morgan fingerprint density at radius 1 is 1.21 bits per heavy atom. The van der Waals surface area contributed by atoms with Crippen LogP contribution < -0.4 is 5.32 Å². The van der Waals surface area contributed by atoms with Gasteiger partial charge in [-0.3, -0.25) is 4.79 Å². The van der Waals surface area contributed by atoms with Gasteiger partial charge in [-0.25, -0.2) is 0 Å². The maximum atomic E-state index is 12.7. The van der Waals surface area contributed by atoms with Crippen molar-refractivity contribution in [2.45, 2.75) is 39.3 Å². The second-order valence-corrected chi connectivity index (χ2v) is 6.11. The van der Waals surface area contributed by atoms with Crippen LogP contribution in [0.15, 0.2) is 18.2 Å². The molecule has 0 aliphatic carbocycles. The third kappa shape index (κ3) is 2.91. The first-order valence-electron chi connectivity index (χ1n) is 6.10. The van der Waals surface area contributed by atoms with Crippen LogP contribution in [0.4, 0.5) is 18.9 Å². The summed E-state index contributed by atoms with van der Waals surface area (Å²) in [6, 6.07) is 3.42. The van der Waals surface area contributed by atoms with E-state index in [0.717, 1.165) is 12.1 Å². The summed E-state index contributed by atoms with van der Waals surface area (Å²) in [5.74, 6) is -0.721. The normalized spacial score (nSPS) is 19.3. The lowest BCUT2D eigenvalue weighted by atomic mass is 9.82. The van der Waals surface area contributed by atoms with Crippen molar-refractivity contribution in [2.75, 3.05) is 5.32 Å². The zero-order chi connectivity index (χ0) is 14.4. The number of hydrogen-bond acceptors (Lipinski definition) is 1. The van der Waals surface area contributed by atoms with Crippen molar-refractivity contribution in [1.29, 1.82) is 0 Å². The van der Waals surface area contributed by atoms with Crippen LogP contribution in [0.3, 0.4) is 0 Å². The number of nitrogens with one attached hydrogen (secondary N) is 1. The highest BCUT2D eigenvalue weighted by Gasteiger charge is 2.37. The van der Waals surface area contributed by atoms with Gasteiger partial charge in [0, 0.05) is 5.69 Å². The van der Waals surface area contributed by atoms with Crippen molar-refractivity contribution in [2.24, 2.45) is 5.41 Å². The van der Waals surface area contributed by atoms with E-state index in [1.54, 1.807) is 0 Å². The minimum absolute atomic E-state index is 0.127. The molecule has 2 rings (SSSR count). The largest absolute Gasteiger partial charge is 0.416 e. The van der Waals surface area contributed by atoms with E-state index >= 15 is 0 Å². The lowest BCUT2D eigenvalue weighted by Gasteiger charge is -2.22. The standard InChI is InChI=1S/C14H16F3NO/c1-13(2,3)7-10-9-6-8(14(15,16)17)4-5-11(9)18-12(10)19/h4-6,10H,7H2,1-3H3,(H,18,19). The molecule has 0 spiro atoms. The summed E-state index contributed by atoms with van der Waals surface area (Å²) >= 11 is 0. The molecule has 0 saturated carbocycles. The molecule has 1 unspecified atom stereocenters. The van der Waals surface area contributed by atoms with Gasteiger partial charge in [-0.05, 0) is 35.6 Å². The molecule has 1 heterocycles. The molecule has 1 amide bonds. The van der Waals surface area contributed by atoms with Crippen LogP contribution in [0.2, 0.25) is 0 Å². The third-order valence-corrected chi connectivity index (χ3v) is 3.15. The third-order valence-electron chi connectivity index (χ3n) is 3.15. The number of halogens is 3. The van der Waals surface area contributed by atoms with Crippen LogP contribution >= 0.6 is 0 Å². The van der Waals surface area contributed by atoms with Crippen LogP contribution in [-0.4, -0.2) is 5.91 Å². The molecule has 0 aromatic heterocycles. The molecular weight excluding hydrogens is 255 g/mol. The van der Waals surface area contributed by atoms with E-state index in [1.807, 2.05) is 20.8 Å². The van der Waals surface area contributed by atoms with Crippen LogP contribution in [0, 0.1) is 5.41 Å². The van der Waals surface area contributed by atoms with E-state index in [0.29, 0.717) is 17.7 Å². The molecule has 1 atom stereocenters. The Balaban J connectivity index is 2.40. The van der Waals surface area contributed by atoms with Crippen molar-refractivity contribution in [3.05, 3.63) is 29.3 Å². The van der Waals surface area contributed by atoms with Crippen molar-refractivity contribution in [3.63, 3.8) is 0 Å². The van der Waals surface area contributed by atoms with Gasteiger partial charge in [0.05, 0.1) is 11.5 Å². The number of carbonyl (C=O) groups is 1. The molecule has 1 N–H and O–H groups in total. The fourth-order valence-electron chi connectivity index (χ4n) is 2.32. The molecule has 1 aliphatic heterocycles. The predicted octanol–water partition coefficient (Wildman–Crippen LogP) is 4.18. The van der Waals surface area contributed by atoms with Crippen LogP contribution in [0.1, 0.15) is 44.2 Å². The molecule has 0 fully saturated rings. The highest BCUT2D eigenvalue weighted by Crippen LogP contribution is 2.42. The molecule has 1 aromatic carbocycles. The predicted molar refractivity (Wildman–Crippen MR) is 66.9 cm³/mol. The van der Waals surface area contributed by atoms with Crippen molar-refractivity contribution in [1.82, 2.24) is 0 Å². The highest BCUT2D eigenvalue weighted by atomic mass is 19.4. The van der Waals surface area contributed by atoms with Crippen molar-refractivity contribution >= 4 is 11.6 Å². The quantitative estimate of drug-likeness (QED) is 0.815. The van der Waals surface area contributed by atoms with Crippen LogP contribution in [0.5, 0.6) is 0 Å². The number of alkyl halides is 3. The first-order valence-corrected chi connectivity index (χ1v) is 6.10. The maximum absolute atomic E-state index is 12.7. The second kappa shape index (κ2) is 4.25. The minimum Gasteiger partial charge on any atom is -0.325 e. The van der Waals surface area contributed by atoms with E-state index in [-0.39, 0.29) is 11.3 Å². The molecule has 104 valence electrons. The molecule has 0 bridgehead atoms. The van der Waals surface area contributed by atoms with Crippen molar-refractivity contribution < 1.29 is 18.0 Å². The zero-order valence-electron chi connectivity index (χ0n) is 11.1. The number of anilines is 1. The molecule has 5 heteroatoms. The van der Waals surface area contributed by atoms with Gasteiger partial charge >= 0.3 is 6.18 Å². The molecule has 0 saturated heterocycles. The Morgan fingerprint density at radius 2 is 1.84 bits per heavy atom. The average molecular weight is 271 g/mol. The Labute approximate surface area is 110 Å².